The van der Waals surface area contributed by atoms with Crippen LogP contribution in [0, 0.1) is 5.82 Å². The van der Waals surface area contributed by atoms with Crippen LogP contribution in [0.3, 0.4) is 0 Å². The number of urea groups is 1. The van der Waals surface area contributed by atoms with E-state index < -0.39 is 23.3 Å². The average Bonchev–Trinajstić information content (AvgIpc) is 3.33. The highest BCUT2D eigenvalue weighted by atomic mass is 35.5. The first kappa shape index (κ1) is 17.6. The van der Waals surface area contributed by atoms with Crippen LogP contribution in [0.4, 0.5) is 9.18 Å². The van der Waals surface area contributed by atoms with Crippen molar-refractivity contribution >= 4 is 34.9 Å². The van der Waals surface area contributed by atoms with Crippen LogP contribution in [-0.4, -0.2) is 27.0 Å². The molecule has 1 unspecified atom stereocenters. The molecule has 1 saturated heterocycles. The van der Waals surface area contributed by atoms with E-state index in [9.17, 15) is 14.0 Å². The first-order valence-electron chi connectivity index (χ1n) is 7.84. The number of carbonyl (C=O) groups is 2. The summed E-state index contributed by atoms with van der Waals surface area (Å²) in [6.45, 7) is 1.35. The molecule has 10 heteroatoms. The van der Waals surface area contributed by atoms with Crippen molar-refractivity contribution in [3.05, 3.63) is 57.9 Å². The number of amides is 3. The number of hydrogen-bond donors (Lipinski definition) is 1. The van der Waals surface area contributed by atoms with Crippen LogP contribution in [0.25, 0.3) is 10.8 Å². The summed E-state index contributed by atoms with van der Waals surface area (Å²) in [4.78, 5) is 31.3. The van der Waals surface area contributed by atoms with Crippen LogP contribution >= 0.6 is 22.9 Å². The summed E-state index contributed by atoms with van der Waals surface area (Å²) in [5, 5.41) is 8.35. The predicted molar refractivity (Wildman–Crippen MR) is 95.5 cm³/mol. The molecule has 0 spiro atoms. The summed E-state index contributed by atoms with van der Waals surface area (Å²) in [7, 11) is 0. The highest BCUT2D eigenvalue weighted by Gasteiger charge is 2.50. The van der Waals surface area contributed by atoms with Gasteiger partial charge in [-0.2, -0.15) is 4.98 Å². The van der Waals surface area contributed by atoms with Gasteiger partial charge in [0, 0.05) is 10.6 Å². The molecule has 1 aliphatic rings. The lowest BCUT2D eigenvalue weighted by molar-refractivity contribution is -0.131. The summed E-state index contributed by atoms with van der Waals surface area (Å²) >= 11 is 7.51. The Morgan fingerprint density at radius 2 is 2.19 bits per heavy atom. The van der Waals surface area contributed by atoms with Gasteiger partial charge in [-0.1, -0.05) is 28.9 Å². The van der Waals surface area contributed by atoms with Crippen LogP contribution in [-0.2, 0) is 16.9 Å². The molecule has 0 bridgehead atoms. The Morgan fingerprint density at radius 3 is 2.89 bits per heavy atom. The van der Waals surface area contributed by atoms with Crippen molar-refractivity contribution in [1.82, 2.24) is 20.4 Å². The molecule has 138 valence electrons. The minimum absolute atomic E-state index is 0.0487. The Morgan fingerprint density at radius 1 is 1.37 bits per heavy atom. The normalized spacial score (nSPS) is 19.6. The van der Waals surface area contributed by atoms with Gasteiger partial charge in [0.1, 0.15) is 11.4 Å². The Bertz CT molecular complexity index is 1040. The Hall–Kier alpha value is -2.78. The number of nitrogens with zero attached hydrogens (tertiary/aromatic N) is 3. The number of carbonyl (C=O) groups excluding carboxylic acids is 2. The molecule has 0 radical (unpaired) electrons. The molecular weight excluding hydrogens is 395 g/mol. The van der Waals surface area contributed by atoms with Gasteiger partial charge in [-0.15, -0.1) is 11.3 Å². The van der Waals surface area contributed by atoms with Crippen molar-refractivity contribution in [3.8, 4) is 10.8 Å². The van der Waals surface area contributed by atoms with Crippen molar-refractivity contribution in [2.24, 2.45) is 0 Å². The number of benzene rings is 1. The second-order valence-corrected chi connectivity index (χ2v) is 7.42. The first-order chi connectivity index (χ1) is 12.9. The predicted octanol–water partition coefficient (Wildman–Crippen LogP) is 3.56. The largest absolute Gasteiger partial charge is 0.333 e. The number of halogens is 2. The van der Waals surface area contributed by atoms with Crippen molar-refractivity contribution in [2.75, 3.05) is 0 Å². The first-order valence-corrected chi connectivity index (χ1v) is 9.10. The lowest BCUT2D eigenvalue weighted by Gasteiger charge is -2.23. The van der Waals surface area contributed by atoms with Gasteiger partial charge in [-0.05, 0) is 30.5 Å². The Balaban J connectivity index is 1.60. The number of nitrogens with one attached hydrogen (secondary N) is 1. The number of aromatic nitrogens is 2. The zero-order valence-corrected chi connectivity index (χ0v) is 15.5. The number of rotatable bonds is 4. The molecule has 3 aromatic rings. The molecular formula is C17H12ClFN4O3S. The summed E-state index contributed by atoms with van der Waals surface area (Å²) in [6.07, 6.45) is 0. The van der Waals surface area contributed by atoms with Crippen LogP contribution < -0.4 is 5.32 Å². The van der Waals surface area contributed by atoms with E-state index in [1.807, 2.05) is 17.5 Å². The van der Waals surface area contributed by atoms with E-state index in [2.05, 4.69) is 15.5 Å². The summed E-state index contributed by atoms with van der Waals surface area (Å²) in [6, 6.07) is 6.70. The van der Waals surface area contributed by atoms with Crippen LogP contribution in [0.2, 0.25) is 5.02 Å². The maximum atomic E-state index is 13.3. The molecule has 7 nitrogen and oxygen atoms in total. The smallest absolute Gasteiger partial charge is 0.325 e. The zero-order chi connectivity index (χ0) is 19.2. The van der Waals surface area contributed by atoms with Crippen molar-refractivity contribution in [2.45, 2.75) is 19.0 Å². The van der Waals surface area contributed by atoms with Crippen LogP contribution in [0.5, 0.6) is 0 Å². The molecule has 27 heavy (non-hydrogen) atoms. The van der Waals surface area contributed by atoms with E-state index in [1.54, 1.807) is 0 Å². The maximum absolute atomic E-state index is 13.3. The molecule has 3 heterocycles. The molecule has 4 rings (SSSR count). The van der Waals surface area contributed by atoms with Crippen molar-refractivity contribution in [1.29, 1.82) is 0 Å². The fourth-order valence-electron chi connectivity index (χ4n) is 2.88. The topological polar surface area (TPSA) is 88.3 Å². The monoisotopic (exact) mass is 406 g/mol. The average molecular weight is 407 g/mol. The molecule has 1 aromatic carbocycles. The van der Waals surface area contributed by atoms with Gasteiger partial charge in [0.05, 0.1) is 11.4 Å². The highest BCUT2D eigenvalue weighted by Crippen LogP contribution is 2.34. The van der Waals surface area contributed by atoms with E-state index in [0.717, 1.165) is 15.8 Å². The van der Waals surface area contributed by atoms with Gasteiger partial charge < -0.3 is 9.84 Å². The number of hydrogen-bond acceptors (Lipinski definition) is 6. The number of imide groups is 1. The second kappa shape index (κ2) is 6.43. The molecule has 1 atom stereocenters. The van der Waals surface area contributed by atoms with Gasteiger partial charge in [0.15, 0.2) is 5.82 Å². The molecule has 1 N–H and O–H groups in total. The fourth-order valence-corrected chi connectivity index (χ4v) is 3.88. The van der Waals surface area contributed by atoms with Crippen molar-refractivity contribution < 1.29 is 18.5 Å². The van der Waals surface area contributed by atoms with Gasteiger partial charge in [0.2, 0.25) is 0 Å². The lowest BCUT2D eigenvalue weighted by atomic mass is 9.92. The zero-order valence-electron chi connectivity index (χ0n) is 13.9. The third kappa shape index (κ3) is 2.98. The molecule has 1 aliphatic heterocycles. The SMILES string of the molecule is CC1(c2ccc(F)cc2Cl)NC(=O)N(Cc2noc(-c3cccs3)n2)C1=O. The Kier molecular flexibility index (Phi) is 4.20. The van der Waals surface area contributed by atoms with Crippen molar-refractivity contribution in [3.63, 3.8) is 0 Å². The van der Waals surface area contributed by atoms with Crippen LogP contribution in [0.15, 0.2) is 40.2 Å². The molecule has 1 fully saturated rings. The lowest BCUT2D eigenvalue weighted by Crippen LogP contribution is -2.41. The fraction of sp³-hybridized carbons (Fsp3) is 0.176. The van der Waals surface area contributed by atoms with E-state index in [1.165, 1.54) is 30.4 Å². The van der Waals surface area contributed by atoms with Gasteiger partial charge >= 0.3 is 6.03 Å². The second-order valence-electron chi connectivity index (χ2n) is 6.06. The molecule has 2 aromatic heterocycles. The molecule has 3 amide bonds. The van der Waals surface area contributed by atoms with E-state index >= 15 is 0 Å². The summed E-state index contributed by atoms with van der Waals surface area (Å²) in [5.74, 6) is -0.565. The summed E-state index contributed by atoms with van der Waals surface area (Å²) < 4.78 is 18.5. The minimum atomic E-state index is -1.41. The third-order valence-electron chi connectivity index (χ3n) is 4.24. The maximum Gasteiger partial charge on any atom is 0.325 e. The van der Waals surface area contributed by atoms with Gasteiger partial charge in [-0.25, -0.2) is 9.18 Å². The van der Waals surface area contributed by atoms with Gasteiger partial charge in [0.25, 0.3) is 11.8 Å². The van der Waals surface area contributed by atoms with Crippen LogP contribution in [0.1, 0.15) is 18.3 Å². The molecule has 0 saturated carbocycles. The number of thiophene rings is 1. The molecule has 0 aliphatic carbocycles. The summed E-state index contributed by atoms with van der Waals surface area (Å²) in [5.41, 5.74) is -1.11. The van der Waals surface area contributed by atoms with E-state index in [4.69, 9.17) is 16.1 Å². The third-order valence-corrected chi connectivity index (χ3v) is 5.41. The highest BCUT2D eigenvalue weighted by molar-refractivity contribution is 7.13. The van der Waals surface area contributed by atoms with E-state index in [-0.39, 0.29) is 17.4 Å². The standard InChI is InChI=1S/C17H12ClFN4O3S/c1-17(10-5-4-9(19)7-11(10)18)15(24)23(16(25)21-17)8-13-20-14(26-22-13)12-3-2-6-27-12/h2-7H,8H2,1H3,(H,21,25). The minimum Gasteiger partial charge on any atom is -0.333 e. The quantitative estimate of drug-likeness (QED) is 0.669. The van der Waals surface area contributed by atoms with Gasteiger partial charge in [-0.3, -0.25) is 9.69 Å². The van der Waals surface area contributed by atoms with E-state index in [0.29, 0.717) is 11.5 Å². The Labute approximate surface area is 161 Å².